The Kier molecular flexibility index (Phi) is 6.48. The van der Waals surface area contributed by atoms with E-state index in [2.05, 4.69) is 20.7 Å². The molecule has 1 amide bonds. The number of halogens is 3. The average Bonchev–Trinajstić information content (AvgIpc) is 3.19. The number of aryl methyl sites for hydroxylation is 1. The van der Waals surface area contributed by atoms with E-state index in [0.717, 1.165) is 24.2 Å². The number of hydrogen-bond donors (Lipinski definition) is 2. The fourth-order valence-corrected chi connectivity index (χ4v) is 4.41. The number of amides is 1. The summed E-state index contributed by atoms with van der Waals surface area (Å²) in [5, 5.41) is 10.5. The first-order valence-corrected chi connectivity index (χ1v) is 11.4. The number of likely N-dealkylation sites (N-methyl/N-ethyl adjacent to an activating group) is 1. The van der Waals surface area contributed by atoms with Crippen molar-refractivity contribution in [3.8, 4) is 0 Å². The Bertz CT molecular complexity index is 1250. The molecule has 0 spiro atoms. The number of aromatic nitrogens is 3. The number of pyridine rings is 1. The van der Waals surface area contributed by atoms with Gasteiger partial charge in [-0.1, -0.05) is 13.8 Å². The minimum absolute atomic E-state index is 0.0407. The van der Waals surface area contributed by atoms with Crippen LogP contribution in [0.25, 0.3) is 0 Å². The lowest BCUT2D eigenvalue weighted by atomic mass is 9.98. The molecule has 1 atom stereocenters. The Labute approximate surface area is 202 Å². The van der Waals surface area contributed by atoms with Gasteiger partial charge in [-0.3, -0.25) is 9.48 Å². The molecule has 1 aromatic carbocycles. The maximum Gasteiger partial charge on any atom is 0.270 e. The molecular formula is C25H29F3N6O. The lowest BCUT2D eigenvalue weighted by Crippen LogP contribution is -2.49. The Morgan fingerprint density at radius 1 is 1.20 bits per heavy atom. The Morgan fingerprint density at radius 2 is 1.94 bits per heavy atom. The first-order valence-electron chi connectivity index (χ1n) is 11.4. The zero-order valence-corrected chi connectivity index (χ0v) is 20.4. The highest BCUT2D eigenvalue weighted by Gasteiger charge is 2.34. The third-order valence-electron chi connectivity index (χ3n) is 6.09. The van der Waals surface area contributed by atoms with Crippen LogP contribution in [0.15, 0.2) is 36.7 Å². The second-order valence-corrected chi connectivity index (χ2v) is 9.41. The number of rotatable bonds is 7. The molecule has 1 aliphatic rings. The standard InChI is InChI=1S/C25H29F3N6O/c1-14(2)23-24(35)32-22-15(3)31-21(9-20(22)33(23)5)29-10-17-11-30-34(13-17)12-16-6-18(25(4,27)28)8-19(26)7-16/h6-9,11,13-14,23H,10,12H2,1-5H3,(H,29,31)(H,32,35). The number of benzene rings is 1. The van der Waals surface area contributed by atoms with Crippen molar-refractivity contribution in [2.45, 2.75) is 52.7 Å². The topological polar surface area (TPSA) is 75.1 Å². The molecule has 3 heterocycles. The van der Waals surface area contributed by atoms with Crippen molar-refractivity contribution in [2.75, 3.05) is 22.6 Å². The van der Waals surface area contributed by atoms with Gasteiger partial charge in [0.15, 0.2) is 0 Å². The number of nitrogens with one attached hydrogen (secondary N) is 2. The number of carbonyl (C=O) groups excluding carboxylic acids is 1. The van der Waals surface area contributed by atoms with Crippen molar-refractivity contribution in [1.29, 1.82) is 0 Å². The minimum atomic E-state index is -3.12. The summed E-state index contributed by atoms with van der Waals surface area (Å²) in [5.74, 6) is -3.08. The molecule has 0 bridgehead atoms. The number of alkyl halides is 2. The normalized spacial score (nSPS) is 15.9. The summed E-state index contributed by atoms with van der Waals surface area (Å²) in [5.41, 5.74) is 3.19. The highest BCUT2D eigenvalue weighted by atomic mass is 19.3. The van der Waals surface area contributed by atoms with Crippen molar-refractivity contribution >= 4 is 23.1 Å². The molecule has 0 saturated carbocycles. The smallest absolute Gasteiger partial charge is 0.270 e. The molecule has 4 rings (SSSR count). The predicted molar refractivity (Wildman–Crippen MR) is 129 cm³/mol. The molecule has 2 aromatic heterocycles. The van der Waals surface area contributed by atoms with E-state index < -0.39 is 11.7 Å². The van der Waals surface area contributed by atoms with E-state index in [4.69, 9.17) is 0 Å². The summed E-state index contributed by atoms with van der Waals surface area (Å²) in [7, 11) is 1.90. The van der Waals surface area contributed by atoms with E-state index in [-0.39, 0.29) is 30.0 Å². The number of carbonyl (C=O) groups is 1. The van der Waals surface area contributed by atoms with Gasteiger partial charge in [0.2, 0.25) is 5.91 Å². The van der Waals surface area contributed by atoms with Crippen LogP contribution in [-0.2, 0) is 23.8 Å². The molecule has 1 unspecified atom stereocenters. The van der Waals surface area contributed by atoms with Gasteiger partial charge < -0.3 is 15.5 Å². The van der Waals surface area contributed by atoms with Gasteiger partial charge in [0, 0.05) is 43.9 Å². The van der Waals surface area contributed by atoms with E-state index in [1.54, 1.807) is 17.1 Å². The highest BCUT2D eigenvalue weighted by Crippen LogP contribution is 2.36. The lowest BCUT2D eigenvalue weighted by Gasteiger charge is -2.38. The number of anilines is 3. The molecule has 10 heteroatoms. The van der Waals surface area contributed by atoms with Gasteiger partial charge in [0.25, 0.3) is 5.92 Å². The van der Waals surface area contributed by atoms with Gasteiger partial charge in [0.1, 0.15) is 17.7 Å². The Hall–Kier alpha value is -3.56. The van der Waals surface area contributed by atoms with Crippen LogP contribution in [0.2, 0.25) is 0 Å². The molecule has 35 heavy (non-hydrogen) atoms. The van der Waals surface area contributed by atoms with Crippen molar-refractivity contribution in [3.05, 3.63) is 64.9 Å². The predicted octanol–water partition coefficient (Wildman–Crippen LogP) is 4.91. The summed E-state index contributed by atoms with van der Waals surface area (Å²) in [6.07, 6.45) is 3.43. The van der Waals surface area contributed by atoms with E-state index in [0.29, 0.717) is 29.3 Å². The van der Waals surface area contributed by atoms with Gasteiger partial charge >= 0.3 is 0 Å². The quantitative estimate of drug-likeness (QED) is 0.496. The molecular weight excluding hydrogens is 457 g/mol. The molecule has 186 valence electrons. The van der Waals surface area contributed by atoms with Crippen molar-refractivity contribution in [3.63, 3.8) is 0 Å². The zero-order valence-electron chi connectivity index (χ0n) is 20.4. The summed E-state index contributed by atoms with van der Waals surface area (Å²) in [6.45, 7) is 7.20. The van der Waals surface area contributed by atoms with Crippen molar-refractivity contribution in [2.24, 2.45) is 5.92 Å². The monoisotopic (exact) mass is 486 g/mol. The van der Waals surface area contributed by atoms with Crippen LogP contribution in [0.5, 0.6) is 0 Å². The lowest BCUT2D eigenvalue weighted by molar-refractivity contribution is -0.118. The summed E-state index contributed by atoms with van der Waals surface area (Å²) < 4.78 is 42.7. The van der Waals surface area contributed by atoms with E-state index in [1.807, 2.05) is 38.8 Å². The largest absolute Gasteiger partial charge is 0.366 e. The summed E-state index contributed by atoms with van der Waals surface area (Å²) >= 11 is 0. The Balaban J connectivity index is 1.47. The van der Waals surface area contributed by atoms with Crippen LogP contribution < -0.4 is 15.5 Å². The van der Waals surface area contributed by atoms with Crippen LogP contribution in [0, 0.1) is 18.7 Å². The molecule has 3 aromatic rings. The van der Waals surface area contributed by atoms with E-state index in [9.17, 15) is 18.0 Å². The van der Waals surface area contributed by atoms with Crippen LogP contribution in [-0.4, -0.2) is 33.8 Å². The van der Waals surface area contributed by atoms with Gasteiger partial charge in [-0.2, -0.15) is 5.10 Å². The van der Waals surface area contributed by atoms with Gasteiger partial charge in [0.05, 0.1) is 29.8 Å². The number of nitrogens with zero attached hydrogens (tertiary/aromatic N) is 4. The van der Waals surface area contributed by atoms with Crippen LogP contribution in [0.3, 0.4) is 0 Å². The maximum atomic E-state index is 13.8. The maximum absolute atomic E-state index is 13.8. The van der Waals surface area contributed by atoms with E-state index in [1.165, 1.54) is 12.1 Å². The average molecular weight is 487 g/mol. The van der Waals surface area contributed by atoms with Crippen molar-refractivity contribution < 1.29 is 18.0 Å². The first kappa shape index (κ1) is 24.6. The molecule has 0 saturated heterocycles. The number of hydrogen-bond acceptors (Lipinski definition) is 5. The van der Waals surface area contributed by atoms with Crippen molar-refractivity contribution in [1.82, 2.24) is 14.8 Å². The highest BCUT2D eigenvalue weighted by molar-refractivity contribution is 6.04. The third kappa shape index (κ3) is 5.26. The summed E-state index contributed by atoms with van der Waals surface area (Å²) in [4.78, 5) is 19.1. The van der Waals surface area contributed by atoms with Crippen LogP contribution >= 0.6 is 0 Å². The fourth-order valence-electron chi connectivity index (χ4n) is 4.41. The molecule has 2 N–H and O–H groups in total. The molecule has 0 fully saturated rings. The number of fused-ring (bicyclic) bond motifs is 1. The second-order valence-electron chi connectivity index (χ2n) is 9.41. The molecule has 1 aliphatic heterocycles. The zero-order chi connectivity index (χ0) is 25.5. The van der Waals surface area contributed by atoms with Gasteiger partial charge in [-0.15, -0.1) is 0 Å². The van der Waals surface area contributed by atoms with E-state index >= 15 is 0 Å². The third-order valence-corrected chi connectivity index (χ3v) is 6.09. The molecule has 0 radical (unpaired) electrons. The Morgan fingerprint density at radius 3 is 2.63 bits per heavy atom. The second kappa shape index (κ2) is 9.24. The molecule has 0 aliphatic carbocycles. The molecule has 7 nitrogen and oxygen atoms in total. The van der Waals surface area contributed by atoms with Crippen LogP contribution in [0.1, 0.15) is 43.2 Å². The fraction of sp³-hybridized carbons (Fsp3) is 0.400. The minimum Gasteiger partial charge on any atom is -0.366 e. The first-order chi connectivity index (χ1) is 16.4. The van der Waals surface area contributed by atoms with Crippen LogP contribution in [0.4, 0.5) is 30.4 Å². The van der Waals surface area contributed by atoms with Gasteiger partial charge in [-0.05, 0) is 36.6 Å². The SMILES string of the molecule is Cc1nc(NCc2cnn(Cc3cc(F)cc(C(C)(F)F)c3)c2)cc2c1NC(=O)C(C(C)C)N2C. The van der Waals surface area contributed by atoms with Gasteiger partial charge in [-0.25, -0.2) is 18.2 Å². The summed E-state index contributed by atoms with van der Waals surface area (Å²) in [6, 6.07) is 5.00.